The average molecular weight is 239 g/mol. The predicted octanol–water partition coefficient (Wildman–Crippen LogP) is 0.677. The topological polar surface area (TPSA) is 46.0 Å². The number of likely N-dealkylation sites (N-methyl/N-ethyl adjacent to an activating group) is 1. The van der Waals surface area contributed by atoms with Crippen LogP contribution in [-0.2, 0) is 13.5 Å². The van der Waals surface area contributed by atoms with Gasteiger partial charge in [-0.05, 0) is 33.1 Å². The van der Waals surface area contributed by atoms with E-state index in [0.717, 1.165) is 38.3 Å². The van der Waals surface area contributed by atoms with Gasteiger partial charge in [-0.1, -0.05) is 13.8 Å². The highest BCUT2D eigenvalue weighted by atomic mass is 15.3. The molecule has 1 N–H and O–H groups in total. The highest BCUT2D eigenvalue weighted by Crippen LogP contribution is 2.03. The molecule has 1 heterocycles. The van der Waals surface area contributed by atoms with Crippen LogP contribution in [0.15, 0.2) is 6.33 Å². The van der Waals surface area contributed by atoms with E-state index in [2.05, 4.69) is 34.1 Å². The van der Waals surface area contributed by atoms with E-state index in [1.165, 1.54) is 0 Å². The number of hydrogen-bond acceptors (Lipinski definition) is 4. The normalized spacial score (nSPS) is 13.2. The van der Waals surface area contributed by atoms with Crippen molar-refractivity contribution in [2.45, 2.75) is 32.7 Å². The number of nitrogens with zero attached hydrogens (tertiary/aromatic N) is 4. The molecule has 0 aromatic carbocycles. The first-order valence-corrected chi connectivity index (χ1v) is 6.43. The molecule has 0 bridgehead atoms. The molecule has 98 valence electrons. The summed E-state index contributed by atoms with van der Waals surface area (Å²) in [5.41, 5.74) is 0. The summed E-state index contributed by atoms with van der Waals surface area (Å²) < 4.78 is 1.85. The second-order valence-corrected chi connectivity index (χ2v) is 4.31. The van der Waals surface area contributed by atoms with Gasteiger partial charge in [0, 0.05) is 19.5 Å². The third kappa shape index (κ3) is 4.44. The lowest BCUT2D eigenvalue weighted by Gasteiger charge is -2.22. The fourth-order valence-corrected chi connectivity index (χ4v) is 1.95. The fourth-order valence-electron chi connectivity index (χ4n) is 1.95. The number of hydrogen-bond donors (Lipinski definition) is 1. The summed E-state index contributed by atoms with van der Waals surface area (Å²) in [5.74, 6) is 1.05. The van der Waals surface area contributed by atoms with Gasteiger partial charge >= 0.3 is 0 Å². The number of rotatable bonds is 8. The molecule has 0 saturated carbocycles. The van der Waals surface area contributed by atoms with Crippen molar-refractivity contribution in [3.05, 3.63) is 12.2 Å². The predicted molar refractivity (Wildman–Crippen MR) is 70.0 cm³/mol. The molecule has 1 aromatic rings. The van der Waals surface area contributed by atoms with Crippen molar-refractivity contribution >= 4 is 0 Å². The minimum Gasteiger partial charge on any atom is -0.317 e. The number of aryl methyl sites for hydroxylation is 1. The molecule has 0 fully saturated rings. The lowest BCUT2D eigenvalue weighted by Crippen LogP contribution is -2.34. The van der Waals surface area contributed by atoms with Gasteiger partial charge in [0.05, 0.1) is 0 Å². The molecule has 0 aliphatic heterocycles. The first-order valence-electron chi connectivity index (χ1n) is 6.43. The monoisotopic (exact) mass is 239 g/mol. The summed E-state index contributed by atoms with van der Waals surface area (Å²) in [5, 5.41) is 7.46. The van der Waals surface area contributed by atoms with Gasteiger partial charge in [0.1, 0.15) is 12.2 Å². The summed E-state index contributed by atoms with van der Waals surface area (Å²) in [4.78, 5) is 6.71. The van der Waals surface area contributed by atoms with Gasteiger partial charge in [-0.3, -0.25) is 4.68 Å². The molecule has 0 saturated heterocycles. The van der Waals surface area contributed by atoms with Crippen LogP contribution in [-0.4, -0.2) is 52.4 Å². The van der Waals surface area contributed by atoms with Gasteiger partial charge in [-0.2, -0.15) is 5.10 Å². The molecule has 0 aliphatic rings. The minimum absolute atomic E-state index is 0.471. The Bertz CT molecular complexity index is 306. The average Bonchev–Trinajstić information content (AvgIpc) is 2.74. The molecule has 5 nitrogen and oxygen atoms in total. The van der Waals surface area contributed by atoms with E-state index in [1.54, 1.807) is 6.33 Å². The summed E-state index contributed by atoms with van der Waals surface area (Å²) in [7, 11) is 3.96. The third-order valence-corrected chi connectivity index (χ3v) is 3.33. The van der Waals surface area contributed by atoms with Gasteiger partial charge in [0.15, 0.2) is 0 Å². The van der Waals surface area contributed by atoms with Gasteiger partial charge in [0.25, 0.3) is 0 Å². The van der Waals surface area contributed by atoms with Crippen molar-refractivity contribution in [3.63, 3.8) is 0 Å². The van der Waals surface area contributed by atoms with Gasteiger partial charge in [0.2, 0.25) is 0 Å². The van der Waals surface area contributed by atoms with Gasteiger partial charge in [-0.25, -0.2) is 4.98 Å². The SMILES string of the molecule is CCN(CC)CCC(Cc1ncnn1C)NC. The molecule has 1 unspecified atom stereocenters. The molecule has 0 radical (unpaired) electrons. The molecule has 5 heteroatoms. The molecular formula is C12H25N5. The van der Waals surface area contributed by atoms with E-state index in [4.69, 9.17) is 0 Å². The fraction of sp³-hybridized carbons (Fsp3) is 0.833. The lowest BCUT2D eigenvalue weighted by atomic mass is 10.1. The Morgan fingerprint density at radius 3 is 2.59 bits per heavy atom. The Kier molecular flexibility index (Phi) is 6.15. The highest BCUT2D eigenvalue weighted by molar-refractivity contribution is 4.88. The Morgan fingerprint density at radius 2 is 2.12 bits per heavy atom. The zero-order valence-electron chi connectivity index (χ0n) is 11.5. The largest absolute Gasteiger partial charge is 0.317 e. The summed E-state index contributed by atoms with van der Waals surface area (Å²) in [6, 6.07) is 0.471. The van der Waals surface area contributed by atoms with Crippen molar-refractivity contribution in [2.75, 3.05) is 26.7 Å². The molecule has 17 heavy (non-hydrogen) atoms. The van der Waals surface area contributed by atoms with Crippen LogP contribution in [0.4, 0.5) is 0 Å². The molecule has 1 atom stereocenters. The second-order valence-electron chi connectivity index (χ2n) is 4.31. The number of aromatic nitrogens is 3. The highest BCUT2D eigenvalue weighted by Gasteiger charge is 2.12. The van der Waals surface area contributed by atoms with Crippen LogP contribution in [0.25, 0.3) is 0 Å². The van der Waals surface area contributed by atoms with Crippen LogP contribution < -0.4 is 5.32 Å². The van der Waals surface area contributed by atoms with Crippen molar-refractivity contribution in [1.82, 2.24) is 25.0 Å². The Morgan fingerprint density at radius 1 is 1.41 bits per heavy atom. The van der Waals surface area contributed by atoms with E-state index in [-0.39, 0.29) is 0 Å². The molecular weight excluding hydrogens is 214 g/mol. The number of nitrogens with one attached hydrogen (secondary N) is 1. The Labute approximate surface area is 104 Å². The Balaban J connectivity index is 2.41. The van der Waals surface area contributed by atoms with Crippen molar-refractivity contribution in [1.29, 1.82) is 0 Å². The third-order valence-electron chi connectivity index (χ3n) is 3.33. The van der Waals surface area contributed by atoms with E-state index in [1.807, 2.05) is 18.8 Å². The molecule has 1 rings (SSSR count). The smallest absolute Gasteiger partial charge is 0.138 e. The van der Waals surface area contributed by atoms with Crippen LogP contribution >= 0.6 is 0 Å². The maximum atomic E-state index is 4.27. The van der Waals surface area contributed by atoms with Crippen LogP contribution in [0, 0.1) is 0 Å². The molecule has 0 amide bonds. The summed E-state index contributed by atoms with van der Waals surface area (Å²) in [6.07, 6.45) is 3.70. The van der Waals surface area contributed by atoms with E-state index in [0.29, 0.717) is 6.04 Å². The maximum absolute atomic E-state index is 4.27. The van der Waals surface area contributed by atoms with Gasteiger partial charge in [-0.15, -0.1) is 0 Å². The molecule has 0 aliphatic carbocycles. The van der Waals surface area contributed by atoms with Crippen molar-refractivity contribution < 1.29 is 0 Å². The van der Waals surface area contributed by atoms with Crippen molar-refractivity contribution in [3.8, 4) is 0 Å². The quantitative estimate of drug-likeness (QED) is 0.724. The van der Waals surface area contributed by atoms with E-state index in [9.17, 15) is 0 Å². The molecule has 0 spiro atoms. The lowest BCUT2D eigenvalue weighted by molar-refractivity contribution is 0.282. The van der Waals surface area contributed by atoms with E-state index >= 15 is 0 Å². The van der Waals surface area contributed by atoms with Crippen LogP contribution in [0.5, 0.6) is 0 Å². The zero-order chi connectivity index (χ0) is 12.7. The molecule has 1 aromatic heterocycles. The van der Waals surface area contributed by atoms with Gasteiger partial charge < -0.3 is 10.2 Å². The zero-order valence-corrected chi connectivity index (χ0v) is 11.5. The Hall–Kier alpha value is -0.940. The second kappa shape index (κ2) is 7.40. The minimum atomic E-state index is 0.471. The van der Waals surface area contributed by atoms with Crippen molar-refractivity contribution in [2.24, 2.45) is 7.05 Å². The maximum Gasteiger partial charge on any atom is 0.138 e. The van der Waals surface area contributed by atoms with E-state index < -0.39 is 0 Å². The summed E-state index contributed by atoms with van der Waals surface area (Å²) >= 11 is 0. The van der Waals surface area contributed by atoms with Crippen LogP contribution in [0.3, 0.4) is 0 Å². The standard InChI is InChI=1S/C12H25N5/c1-5-17(6-2)8-7-11(13-3)9-12-14-10-15-16(12)4/h10-11,13H,5-9H2,1-4H3. The first-order chi connectivity index (χ1) is 8.21. The van der Waals surface area contributed by atoms with Crippen LogP contribution in [0.1, 0.15) is 26.1 Å². The first kappa shape index (κ1) is 14.1. The van der Waals surface area contributed by atoms with Crippen LogP contribution in [0.2, 0.25) is 0 Å². The summed E-state index contributed by atoms with van der Waals surface area (Å²) in [6.45, 7) is 7.80.